The van der Waals surface area contributed by atoms with Gasteiger partial charge < -0.3 is 9.47 Å². The number of methoxy groups -OCH3 is 1. The number of carbonyl (C=O) groups excluding carboxylic acids is 1. The molecule has 0 radical (unpaired) electrons. The predicted molar refractivity (Wildman–Crippen MR) is 126 cm³/mol. The van der Waals surface area contributed by atoms with E-state index in [0.717, 1.165) is 11.3 Å². The summed E-state index contributed by atoms with van der Waals surface area (Å²) in [5.41, 5.74) is 1.15. The molecule has 34 heavy (non-hydrogen) atoms. The summed E-state index contributed by atoms with van der Waals surface area (Å²) in [5, 5.41) is 11.4. The zero-order valence-electron chi connectivity index (χ0n) is 18.7. The van der Waals surface area contributed by atoms with Crippen LogP contribution in [0.3, 0.4) is 0 Å². The lowest BCUT2D eigenvalue weighted by Crippen LogP contribution is -2.39. The van der Waals surface area contributed by atoms with Gasteiger partial charge in [-0.05, 0) is 43.7 Å². The molecule has 0 spiro atoms. The first-order chi connectivity index (χ1) is 16.3. The first kappa shape index (κ1) is 23.1. The van der Waals surface area contributed by atoms with Crippen molar-refractivity contribution in [1.82, 2.24) is 4.57 Å². The Morgan fingerprint density at radius 3 is 2.59 bits per heavy atom. The molecule has 1 aliphatic rings. The molecule has 1 atom stereocenters. The van der Waals surface area contributed by atoms with Crippen molar-refractivity contribution < 1.29 is 19.2 Å². The molecule has 3 aromatic rings. The second kappa shape index (κ2) is 9.44. The number of nitro groups is 1. The zero-order chi connectivity index (χ0) is 24.4. The quantitative estimate of drug-likeness (QED) is 0.305. The summed E-state index contributed by atoms with van der Waals surface area (Å²) in [6.45, 7) is 4.07. The Hall–Kier alpha value is -4.05. The second-order valence-corrected chi connectivity index (χ2v) is 8.40. The van der Waals surface area contributed by atoms with E-state index < -0.39 is 22.5 Å². The van der Waals surface area contributed by atoms with Crippen LogP contribution >= 0.6 is 11.3 Å². The maximum absolute atomic E-state index is 13.5. The topological polar surface area (TPSA) is 113 Å². The maximum Gasteiger partial charge on any atom is 0.338 e. The molecule has 0 bridgehead atoms. The van der Waals surface area contributed by atoms with E-state index in [1.807, 2.05) is 6.92 Å². The van der Waals surface area contributed by atoms with E-state index in [4.69, 9.17) is 9.47 Å². The minimum atomic E-state index is -0.771. The fourth-order valence-electron chi connectivity index (χ4n) is 3.84. The van der Waals surface area contributed by atoms with E-state index in [1.165, 1.54) is 23.8 Å². The lowest BCUT2D eigenvalue weighted by molar-refractivity contribution is -0.385. The molecule has 1 aromatic heterocycles. The van der Waals surface area contributed by atoms with E-state index in [2.05, 4.69) is 4.99 Å². The van der Waals surface area contributed by atoms with Crippen LogP contribution in [-0.2, 0) is 9.53 Å². The fourth-order valence-corrected chi connectivity index (χ4v) is 4.88. The molecule has 1 aliphatic heterocycles. The molecule has 1 unspecified atom stereocenters. The molecule has 0 saturated heterocycles. The van der Waals surface area contributed by atoms with Crippen LogP contribution in [0.2, 0.25) is 0 Å². The summed E-state index contributed by atoms with van der Waals surface area (Å²) >= 11 is 1.11. The highest BCUT2D eigenvalue weighted by Gasteiger charge is 2.33. The molecular formula is C24H21N3O6S. The largest absolute Gasteiger partial charge is 0.494 e. The fraction of sp³-hybridized carbons (Fsp3) is 0.208. The maximum atomic E-state index is 13.5. The van der Waals surface area contributed by atoms with Gasteiger partial charge in [0, 0.05) is 6.07 Å². The Labute approximate surface area is 198 Å². The highest BCUT2D eigenvalue weighted by Crippen LogP contribution is 2.31. The normalized spacial score (nSPS) is 15.5. The monoisotopic (exact) mass is 479 g/mol. The third-order valence-corrected chi connectivity index (χ3v) is 6.34. The predicted octanol–water partition coefficient (Wildman–Crippen LogP) is 2.72. The number of rotatable bonds is 6. The SMILES string of the molecule is CCOc1ccc(C2C(C(=O)OC)=C(C)N=c3s/c(=C\c4ccccc4[N+](=O)[O-])c(=O)n32)cc1. The molecule has 0 amide bonds. The number of hydrogen-bond acceptors (Lipinski definition) is 8. The van der Waals surface area contributed by atoms with E-state index in [0.29, 0.717) is 34.0 Å². The number of ether oxygens (including phenoxy) is 2. The van der Waals surface area contributed by atoms with Gasteiger partial charge in [0.25, 0.3) is 11.2 Å². The van der Waals surface area contributed by atoms with Crippen LogP contribution in [0, 0.1) is 10.1 Å². The van der Waals surface area contributed by atoms with Crippen LogP contribution in [0.4, 0.5) is 5.69 Å². The lowest BCUT2D eigenvalue weighted by Gasteiger charge is -2.24. The van der Waals surface area contributed by atoms with Gasteiger partial charge in [0.05, 0.1) is 46.0 Å². The third kappa shape index (κ3) is 4.15. The summed E-state index contributed by atoms with van der Waals surface area (Å²) in [7, 11) is 1.28. The summed E-state index contributed by atoms with van der Waals surface area (Å²) in [6, 6.07) is 12.5. The molecule has 10 heteroatoms. The van der Waals surface area contributed by atoms with Crippen molar-refractivity contribution in [3.63, 3.8) is 0 Å². The molecule has 2 heterocycles. The number of aromatic nitrogens is 1. The van der Waals surface area contributed by atoms with Crippen LogP contribution in [0.1, 0.15) is 31.0 Å². The highest BCUT2D eigenvalue weighted by atomic mass is 32.1. The number of thiazole rings is 1. The van der Waals surface area contributed by atoms with E-state index in [1.54, 1.807) is 49.4 Å². The van der Waals surface area contributed by atoms with Gasteiger partial charge in [0.2, 0.25) is 0 Å². The average molecular weight is 480 g/mol. The van der Waals surface area contributed by atoms with Gasteiger partial charge in [-0.15, -0.1) is 0 Å². The number of nitrogens with zero attached hydrogens (tertiary/aromatic N) is 3. The van der Waals surface area contributed by atoms with Gasteiger partial charge >= 0.3 is 5.97 Å². The summed E-state index contributed by atoms with van der Waals surface area (Å²) < 4.78 is 12.2. The number of nitro benzene ring substituents is 1. The van der Waals surface area contributed by atoms with Gasteiger partial charge in [0.1, 0.15) is 5.75 Å². The Morgan fingerprint density at radius 2 is 1.94 bits per heavy atom. The Morgan fingerprint density at radius 1 is 1.24 bits per heavy atom. The molecule has 0 fully saturated rings. The minimum Gasteiger partial charge on any atom is -0.494 e. The number of carbonyl (C=O) groups is 1. The van der Waals surface area contributed by atoms with Crippen molar-refractivity contribution in [1.29, 1.82) is 0 Å². The van der Waals surface area contributed by atoms with Crippen LogP contribution in [-0.4, -0.2) is 29.2 Å². The van der Waals surface area contributed by atoms with E-state index in [-0.39, 0.29) is 15.8 Å². The molecular weight excluding hydrogens is 458 g/mol. The first-order valence-corrected chi connectivity index (χ1v) is 11.2. The second-order valence-electron chi connectivity index (χ2n) is 7.39. The summed E-state index contributed by atoms with van der Waals surface area (Å²) in [5.74, 6) is 0.0727. The number of benzene rings is 2. The number of hydrogen-bond donors (Lipinski definition) is 0. The van der Waals surface area contributed by atoms with Gasteiger partial charge in [0.15, 0.2) is 4.80 Å². The van der Waals surface area contributed by atoms with Crippen LogP contribution < -0.4 is 19.6 Å². The van der Waals surface area contributed by atoms with Crippen molar-refractivity contribution in [2.45, 2.75) is 19.9 Å². The average Bonchev–Trinajstić information content (AvgIpc) is 3.13. The molecule has 174 valence electrons. The summed E-state index contributed by atoms with van der Waals surface area (Å²) in [6.07, 6.45) is 1.48. The van der Waals surface area contributed by atoms with E-state index in [9.17, 15) is 19.7 Å². The molecule has 4 rings (SSSR count). The van der Waals surface area contributed by atoms with Gasteiger partial charge in [-0.25, -0.2) is 9.79 Å². The van der Waals surface area contributed by atoms with Crippen molar-refractivity contribution in [2.24, 2.45) is 4.99 Å². The number of fused-ring (bicyclic) bond motifs is 1. The van der Waals surface area contributed by atoms with Crippen molar-refractivity contribution in [3.05, 3.63) is 101 Å². The number of para-hydroxylation sites is 1. The molecule has 0 aliphatic carbocycles. The van der Waals surface area contributed by atoms with Gasteiger partial charge in [-0.3, -0.25) is 19.5 Å². The smallest absolute Gasteiger partial charge is 0.338 e. The van der Waals surface area contributed by atoms with Crippen molar-refractivity contribution >= 4 is 29.1 Å². The molecule has 0 N–H and O–H groups in total. The van der Waals surface area contributed by atoms with Crippen molar-refractivity contribution in [2.75, 3.05) is 13.7 Å². The lowest BCUT2D eigenvalue weighted by atomic mass is 9.96. The highest BCUT2D eigenvalue weighted by molar-refractivity contribution is 7.07. The number of allylic oxidation sites excluding steroid dienone is 1. The first-order valence-electron chi connectivity index (χ1n) is 10.4. The molecule has 2 aromatic carbocycles. The molecule has 0 saturated carbocycles. The van der Waals surface area contributed by atoms with Gasteiger partial charge in [-0.1, -0.05) is 35.6 Å². The van der Waals surface area contributed by atoms with Crippen LogP contribution in [0.5, 0.6) is 5.75 Å². The third-order valence-electron chi connectivity index (χ3n) is 5.35. The molecule has 9 nitrogen and oxygen atoms in total. The van der Waals surface area contributed by atoms with Crippen LogP contribution in [0.15, 0.2) is 69.6 Å². The Bertz CT molecular complexity index is 1480. The van der Waals surface area contributed by atoms with Gasteiger partial charge in [-0.2, -0.15) is 0 Å². The van der Waals surface area contributed by atoms with E-state index >= 15 is 0 Å². The Balaban J connectivity index is 1.95. The Kier molecular flexibility index (Phi) is 6.42. The van der Waals surface area contributed by atoms with Crippen LogP contribution in [0.25, 0.3) is 6.08 Å². The standard InChI is InChI=1S/C24H21N3O6S/c1-4-33-17-11-9-15(10-12-17)21-20(23(29)32-3)14(2)25-24-26(21)22(28)19(34-24)13-16-7-5-6-8-18(16)27(30)31/h5-13,21H,4H2,1-3H3/b19-13-. The minimum absolute atomic E-state index is 0.108. The number of esters is 1. The summed E-state index contributed by atoms with van der Waals surface area (Å²) in [4.78, 5) is 42.0. The van der Waals surface area contributed by atoms with Crippen molar-refractivity contribution in [3.8, 4) is 5.75 Å². The zero-order valence-corrected chi connectivity index (χ0v) is 19.5.